The highest BCUT2D eigenvalue weighted by molar-refractivity contribution is 7.93. The number of aromatic nitrogens is 2. The van der Waals surface area contributed by atoms with Crippen LogP contribution in [0.1, 0.15) is 23.1 Å². The zero-order chi connectivity index (χ0) is 18.0. The Morgan fingerprint density at radius 3 is 2.62 bits per heavy atom. The molecule has 0 radical (unpaired) electrons. The number of benzene rings is 2. The van der Waals surface area contributed by atoms with Gasteiger partial charge in [0.25, 0.3) is 0 Å². The number of para-hydroxylation sites is 1. The van der Waals surface area contributed by atoms with Gasteiger partial charge in [0, 0.05) is 18.3 Å². The summed E-state index contributed by atoms with van der Waals surface area (Å²) in [6.45, 7) is 0.216. The van der Waals surface area contributed by atoms with Crippen LogP contribution in [0.5, 0.6) is 0 Å². The molecule has 26 heavy (non-hydrogen) atoms. The second-order valence-electron chi connectivity index (χ2n) is 6.26. The quantitative estimate of drug-likeness (QED) is 0.755. The summed E-state index contributed by atoms with van der Waals surface area (Å²) in [5, 5.41) is 4.30. The number of rotatable bonds is 5. The summed E-state index contributed by atoms with van der Waals surface area (Å²) in [5.41, 5.74) is 3.93. The Labute approximate surface area is 153 Å². The molecule has 132 valence electrons. The van der Waals surface area contributed by atoms with Gasteiger partial charge in [-0.05, 0) is 42.2 Å². The molecule has 0 unspecified atom stereocenters. The average Bonchev–Trinajstić information content (AvgIpc) is 3.16. The minimum atomic E-state index is -3.51. The maximum atomic E-state index is 12.6. The highest BCUT2D eigenvalue weighted by atomic mass is 32.2. The molecular formula is C20H19N3O2S. The lowest BCUT2D eigenvalue weighted by atomic mass is 9.98. The van der Waals surface area contributed by atoms with Crippen molar-refractivity contribution in [2.24, 2.45) is 0 Å². The van der Waals surface area contributed by atoms with Gasteiger partial charge in [-0.2, -0.15) is 5.10 Å². The Morgan fingerprint density at radius 2 is 1.77 bits per heavy atom. The van der Waals surface area contributed by atoms with E-state index in [4.69, 9.17) is 0 Å². The van der Waals surface area contributed by atoms with Crippen molar-refractivity contribution < 1.29 is 8.42 Å². The van der Waals surface area contributed by atoms with Crippen molar-refractivity contribution in [3.8, 4) is 5.69 Å². The SMILES string of the molecule is O=S(=O)(NCc1cnn(-c2ccccc2)c1)C1=Cc2ccccc2CC1. The van der Waals surface area contributed by atoms with Crippen LogP contribution in [0.25, 0.3) is 11.8 Å². The number of hydrogen-bond donors (Lipinski definition) is 1. The van der Waals surface area contributed by atoms with E-state index >= 15 is 0 Å². The van der Waals surface area contributed by atoms with Crippen LogP contribution in [-0.4, -0.2) is 18.2 Å². The fraction of sp³-hybridized carbons (Fsp3) is 0.150. The van der Waals surface area contributed by atoms with Crippen LogP contribution in [-0.2, 0) is 23.0 Å². The van der Waals surface area contributed by atoms with Gasteiger partial charge < -0.3 is 0 Å². The predicted octanol–water partition coefficient (Wildman–Crippen LogP) is 3.28. The van der Waals surface area contributed by atoms with Gasteiger partial charge in [0.15, 0.2) is 0 Å². The molecule has 2 aromatic carbocycles. The van der Waals surface area contributed by atoms with Gasteiger partial charge in [-0.25, -0.2) is 17.8 Å². The molecule has 6 heteroatoms. The summed E-state index contributed by atoms with van der Waals surface area (Å²) in [6.07, 6.45) is 6.56. The Kier molecular flexibility index (Phi) is 4.44. The van der Waals surface area contributed by atoms with Gasteiger partial charge in [-0.3, -0.25) is 0 Å². The van der Waals surface area contributed by atoms with Gasteiger partial charge in [0.2, 0.25) is 10.0 Å². The van der Waals surface area contributed by atoms with Crippen molar-refractivity contribution in [1.82, 2.24) is 14.5 Å². The van der Waals surface area contributed by atoms with Crippen LogP contribution < -0.4 is 4.72 Å². The zero-order valence-corrected chi connectivity index (χ0v) is 15.0. The Balaban J connectivity index is 1.48. The van der Waals surface area contributed by atoms with E-state index < -0.39 is 10.0 Å². The lowest BCUT2D eigenvalue weighted by molar-refractivity contribution is 0.585. The molecule has 0 atom stereocenters. The smallest absolute Gasteiger partial charge is 0.237 e. The summed E-state index contributed by atoms with van der Waals surface area (Å²) in [4.78, 5) is 0.437. The van der Waals surface area contributed by atoms with Crippen LogP contribution in [0.2, 0.25) is 0 Å². The van der Waals surface area contributed by atoms with E-state index in [0.29, 0.717) is 11.3 Å². The van der Waals surface area contributed by atoms with Crippen LogP contribution >= 0.6 is 0 Å². The largest absolute Gasteiger partial charge is 0.241 e. The highest BCUT2D eigenvalue weighted by Crippen LogP contribution is 2.26. The number of sulfonamides is 1. The second-order valence-corrected chi connectivity index (χ2v) is 8.08. The van der Waals surface area contributed by atoms with E-state index in [2.05, 4.69) is 9.82 Å². The molecule has 4 rings (SSSR count). The van der Waals surface area contributed by atoms with Crippen molar-refractivity contribution in [2.75, 3.05) is 0 Å². The van der Waals surface area contributed by atoms with E-state index in [9.17, 15) is 8.42 Å². The lowest BCUT2D eigenvalue weighted by Crippen LogP contribution is -2.25. The first-order chi connectivity index (χ1) is 12.6. The zero-order valence-electron chi connectivity index (χ0n) is 14.2. The van der Waals surface area contributed by atoms with Gasteiger partial charge >= 0.3 is 0 Å². The minimum absolute atomic E-state index is 0.216. The summed E-state index contributed by atoms with van der Waals surface area (Å²) in [7, 11) is -3.51. The topological polar surface area (TPSA) is 64.0 Å². The predicted molar refractivity (Wildman–Crippen MR) is 102 cm³/mol. The van der Waals surface area contributed by atoms with Crippen molar-refractivity contribution in [1.29, 1.82) is 0 Å². The molecule has 0 bridgehead atoms. The average molecular weight is 365 g/mol. The fourth-order valence-corrected chi connectivity index (χ4v) is 4.26. The Morgan fingerprint density at radius 1 is 1.00 bits per heavy atom. The van der Waals surface area contributed by atoms with E-state index in [1.54, 1.807) is 17.0 Å². The number of hydrogen-bond acceptors (Lipinski definition) is 3. The Bertz CT molecular complexity index is 1050. The number of fused-ring (bicyclic) bond motifs is 1. The third-order valence-electron chi connectivity index (χ3n) is 4.48. The number of aryl methyl sites for hydroxylation is 1. The fourth-order valence-electron chi connectivity index (χ4n) is 3.06. The highest BCUT2D eigenvalue weighted by Gasteiger charge is 2.21. The lowest BCUT2D eigenvalue weighted by Gasteiger charge is -2.16. The van der Waals surface area contributed by atoms with Crippen LogP contribution in [0.4, 0.5) is 0 Å². The molecule has 0 fully saturated rings. The van der Waals surface area contributed by atoms with E-state index in [0.717, 1.165) is 23.2 Å². The molecule has 1 aliphatic rings. The standard InChI is InChI=1S/C20H19N3O2S/c24-26(25,20-11-10-17-6-4-5-7-18(17)12-20)22-14-16-13-21-23(15-16)19-8-2-1-3-9-19/h1-9,12-13,15,22H,10-11,14H2. The number of allylic oxidation sites excluding steroid dienone is 1. The third kappa shape index (κ3) is 3.47. The van der Waals surface area contributed by atoms with E-state index in [-0.39, 0.29) is 6.54 Å². The molecule has 0 amide bonds. The van der Waals surface area contributed by atoms with Gasteiger partial charge in [0.05, 0.1) is 16.8 Å². The monoisotopic (exact) mass is 365 g/mol. The molecule has 1 N–H and O–H groups in total. The maximum Gasteiger partial charge on any atom is 0.237 e. The molecule has 0 saturated heterocycles. The van der Waals surface area contributed by atoms with Gasteiger partial charge in [-0.15, -0.1) is 0 Å². The van der Waals surface area contributed by atoms with Crippen LogP contribution in [0.3, 0.4) is 0 Å². The van der Waals surface area contributed by atoms with E-state index in [1.165, 1.54) is 5.56 Å². The molecule has 0 aliphatic heterocycles. The summed E-state index contributed by atoms with van der Waals surface area (Å²) < 4.78 is 29.7. The molecule has 0 saturated carbocycles. The van der Waals surface area contributed by atoms with Gasteiger partial charge in [0.1, 0.15) is 0 Å². The maximum absolute atomic E-state index is 12.6. The first kappa shape index (κ1) is 16.8. The molecule has 1 aliphatic carbocycles. The van der Waals surface area contributed by atoms with Crippen molar-refractivity contribution in [3.63, 3.8) is 0 Å². The molecular weight excluding hydrogens is 346 g/mol. The molecule has 3 aromatic rings. The van der Waals surface area contributed by atoms with Crippen molar-refractivity contribution >= 4 is 16.1 Å². The van der Waals surface area contributed by atoms with Crippen LogP contribution in [0.15, 0.2) is 71.9 Å². The minimum Gasteiger partial charge on any atom is -0.241 e. The number of nitrogens with one attached hydrogen (secondary N) is 1. The van der Waals surface area contributed by atoms with Crippen molar-refractivity contribution in [2.45, 2.75) is 19.4 Å². The van der Waals surface area contributed by atoms with Gasteiger partial charge in [-0.1, -0.05) is 42.5 Å². The molecule has 1 heterocycles. The first-order valence-electron chi connectivity index (χ1n) is 8.49. The second kappa shape index (κ2) is 6.90. The normalized spacial score (nSPS) is 13.9. The molecule has 0 spiro atoms. The molecule has 1 aromatic heterocycles. The molecule has 5 nitrogen and oxygen atoms in total. The third-order valence-corrected chi connectivity index (χ3v) is 6.02. The summed E-state index contributed by atoms with van der Waals surface area (Å²) in [6, 6.07) is 17.6. The van der Waals surface area contributed by atoms with Crippen molar-refractivity contribution in [3.05, 3.63) is 88.6 Å². The van der Waals surface area contributed by atoms with Crippen LogP contribution in [0, 0.1) is 0 Å². The van der Waals surface area contributed by atoms with E-state index in [1.807, 2.05) is 60.8 Å². The number of nitrogens with zero attached hydrogens (tertiary/aromatic N) is 2. The summed E-state index contributed by atoms with van der Waals surface area (Å²) >= 11 is 0. The first-order valence-corrected chi connectivity index (χ1v) is 9.97. The Hall–Kier alpha value is -2.70. The summed E-state index contributed by atoms with van der Waals surface area (Å²) in [5.74, 6) is 0.